The lowest BCUT2D eigenvalue weighted by Gasteiger charge is -2.35. The fourth-order valence-electron chi connectivity index (χ4n) is 5.49. The summed E-state index contributed by atoms with van der Waals surface area (Å²) < 4.78 is 10.8. The van der Waals surface area contributed by atoms with Crippen LogP contribution < -0.4 is 16.6 Å². The molecule has 3 aromatic rings. The number of aromatic nitrogens is 1. The van der Waals surface area contributed by atoms with E-state index in [1.165, 1.54) is 24.8 Å². The van der Waals surface area contributed by atoms with Gasteiger partial charge in [-0.3, -0.25) is 14.4 Å². The summed E-state index contributed by atoms with van der Waals surface area (Å²) >= 11 is 0. The molecule has 9 nitrogen and oxygen atoms in total. The van der Waals surface area contributed by atoms with Gasteiger partial charge in [0.2, 0.25) is 5.56 Å². The summed E-state index contributed by atoms with van der Waals surface area (Å²) in [7, 11) is 0. The number of pyridine rings is 1. The van der Waals surface area contributed by atoms with E-state index in [4.69, 9.17) is 15.2 Å². The number of esters is 2. The SMILES string of the molecule is NC1(C(=O)OCc2ccccc2)CCCCC1.O=C(NC1(C(=O)OCc2ccccc2)CCCCC1)c1ccc(=O)[nH]c1. The quantitative estimate of drug-likeness (QED) is 0.317. The molecule has 0 saturated heterocycles. The molecule has 2 aliphatic carbocycles. The van der Waals surface area contributed by atoms with E-state index in [1.807, 2.05) is 60.7 Å². The molecule has 2 saturated carbocycles. The molecule has 1 heterocycles. The number of nitrogens with two attached hydrogens (primary N) is 1. The van der Waals surface area contributed by atoms with Crippen LogP contribution in [0.25, 0.3) is 0 Å². The standard InChI is InChI=1S/C20H22N2O4.C14H19NO2/c23-17-10-9-16(13-21-17)18(24)22-20(11-5-2-6-12-20)19(25)26-14-15-7-3-1-4-8-15;15-14(9-5-2-6-10-14)13(16)17-11-12-7-3-1-4-8-12/h1,3-4,7-10,13H,2,5-6,11-12,14H2,(H,21,23)(H,22,24);1,3-4,7-8H,2,5-6,9-11,15H2. The topological polar surface area (TPSA) is 141 Å². The van der Waals surface area contributed by atoms with E-state index in [9.17, 15) is 19.2 Å². The molecule has 0 bridgehead atoms. The Morgan fingerprint density at radius 3 is 1.72 bits per heavy atom. The van der Waals surface area contributed by atoms with Gasteiger partial charge in [0.05, 0.1) is 5.56 Å². The highest BCUT2D eigenvalue weighted by molar-refractivity contribution is 5.98. The average Bonchev–Trinajstić information content (AvgIpc) is 3.05. The summed E-state index contributed by atoms with van der Waals surface area (Å²) in [6.07, 6.45) is 9.91. The molecule has 1 amide bonds. The summed E-state index contributed by atoms with van der Waals surface area (Å²) in [5.74, 6) is -1.04. The number of carbonyl (C=O) groups excluding carboxylic acids is 3. The van der Waals surface area contributed by atoms with Gasteiger partial charge >= 0.3 is 11.9 Å². The molecule has 1 aromatic heterocycles. The maximum absolute atomic E-state index is 12.8. The van der Waals surface area contributed by atoms with Crippen LogP contribution in [0.5, 0.6) is 0 Å². The van der Waals surface area contributed by atoms with Gasteiger partial charge in [-0.25, -0.2) is 4.79 Å². The smallest absolute Gasteiger partial charge is 0.332 e. The van der Waals surface area contributed by atoms with Crippen LogP contribution >= 0.6 is 0 Å². The van der Waals surface area contributed by atoms with E-state index in [-0.39, 0.29) is 24.0 Å². The van der Waals surface area contributed by atoms with Gasteiger partial charge in [0.25, 0.3) is 5.91 Å². The molecular formula is C34H41N3O6. The van der Waals surface area contributed by atoms with E-state index in [0.717, 1.165) is 56.1 Å². The van der Waals surface area contributed by atoms with Gasteiger partial charge in [-0.05, 0) is 42.9 Å². The van der Waals surface area contributed by atoms with Crippen LogP contribution in [0, 0.1) is 0 Å². The minimum absolute atomic E-state index is 0.177. The number of H-pyrrole nitrogens is 1. The Bertz CT molecular complexity index is 1370. The molecule has 0 unspecified atom stereocenters. The zero-order valence-electron chi connectivity index (χ0n) is 24.5. The summed E-state index contributed by atoms with van der Waals surface area (Å²) in [6.45, 7) is 0.495. The fraction of sp³-hybridized carbons (Fsp3) is 0.412. The van der Waals surface area contributed by atoms with Gasteiger partial charge in [-0.2, -0.15) is 0 Å². The van der Waals surface area contributed by atoms with E-state index in [2.05, 4.69) is 10.3 Å². The molecule has 0 radical (unpaired) electrons. The predicted molar refractivity (Wildman–Crippen MR) is 163 cm³/mol. The van der Waals surface area contributed by atoms with Gasteiger partial charge in [0, 0.05) is 12.3 Å². The summed E-state index contributed by atoms with van der Waals surface area (Å²) in [5, 5.41) is 2.87. The van der Waals surface area contributed by atoms with E-state index < -0.39 is 17.0 Å². The highest BCUT2D eigenvalue weighted by atomic mass is 16.5. The van der Waals surface area contributed by atoms with Crippen molar-refractivity contribution in [3.8, 4) is 0 Å². The van der Waals surface area contributed by atoms with Crippen molar-refractivity contribution in [2.75, 3.05) is 0 Å². The van der Waals surface area contributed by atoms with E-state index in [1.54, 1.807) is 0 Å². The number of ether oxygens (including phenoxy) is 2. The third-order valence-corrected chi connectivity index (χ3v) is 8.07. The monoisotopic (exact) mass is 587 g/mol. The van der Waals surface area contributed by atoms with Crippen LogP contribution in [-0.4, -0.2) is 33.9 Å². The Morgan fingerprint density at radius 1 is 0.698 bits per heavy atom. The molecule has 2 aromatic carbocycles. The molecule has 228 valence electrons. The Morgan fingerprint density at radius 2 is 1.21 bits per heavy atom. The lowest BCUT2D eigenvalue weighted by molar-refractivity contribution is -0.154. The van der Waals surface area contributed by atoms with Crippen LogP contribution in [0.2, 0.25) is 0 Å². The third-order valence-electron chi connectivity index (χ3n) is 8.07. The number of carbonyl (C=O) groups is 3. The summed E-state index contributed by atoms with van der Waals surface area (Å²) in [5.41, 5.74) is 6.27. The van der Waals surface area contributed by atoms with Crippen LogP contribution in [0.15, 0.2) is 83.8 Å². The number of rotatable bonds is 8. The maximum Gasteiger partial charge on any atom is 0.332 e. The fourth-order valence-corrected chi connectivity index (χ4v) is 5.49. The van der Waals surface area contributed by atoms with Gasteiger partial charge in [-0.1, -0.05) is 99.2 Å². The number of amides is 1. The van der Waals surface area contributed by atoms with Crippen LogP contribution in [0.3, 0.4) is 0 Å². The number of hydrogen-bond donors (Lipinski definition) is 3. The zero-order chi connectivity index (χ0) is 30.5. The van der Waals surface area contributed by atoms with Crippen molar-refractivity contribution in [1.82, 2.24) is 10.3 Å². The number of nitrogens with one attached hydrogen (secondary N) is 2. The normalized spacial score (nSPS) is 17.0. The van der Waals surface area contributed by atoms with Crippen molar-refractivity contribution in [3.63, 3.8) is 0 Å². The van der Waals surface area contributed by atoms with Crippen LogP contribution in [0.4, 0.5) is 0 Å². The third kappa shape index (κ3) is 9.12. The minimum atomic E-state index is -1.01. The minimum Gasteiger partial charge on any atom is -0.459 e. The lowest BCUT2D eigenvalue weighted by atomic mass is 9.81. The highest BCUT2D eigenvalue weighted by Crippen LogP contribution is 2.30. The molecule has 2 aliphatic rings. The number of hydrogen-bond acceptors (Lipinski definition) is 7. The van der Waals surface area contributed by atoms with Crippen molar-refractivity contribution in [3.05, 3.63) is 106 Å². The summed E-state index contributed by atoms with van der Waals surface area (Å²) in [4.78, 5) is 51.0. The summed E-state index contributed by atoms with van der Waals surface area (Å²) in [6, 6.07) is 21.9. The van der Waals surface area contributed by atoms with E-state index in [0.29, 0.717) is 25.0 Å². The van der Waals surface area contributed by atoms with Crippen molar-refractivity contribution >= 4 is 17.8 Å². The maximum atomic E-state index is 12.8. The van der Waals surface area contributed by atoms with Crippen molar-refractivity contribution in [1.29, 1.82) is 0 Å². The second-order valence-corrected chi connectivity index (χ2v) is 11.4. The number of benzene rings is 2. The zero-order valence-corrected chi connectivity index (χ0v) is 24.5. The highest BCUT2D eigenvalue weighted by Gasteiger charge is 2.42. The molecular weight excluding hydrogens is 546 g/mol. The molecule has 9 heteroatoms. The molecule has 0 spiro atoms. The molecule has 5 rings (SSSR count). The lowest BCUT2D eigenvalue weighted by Crippen LogP contribution is -2.56. The number of aromatic amines is 1. The van der Waals surface area contributed by atoms with Crippen molar-refractivity contribution in [2.45, 2.75) is 88.5 Å². The largest absolute Gasteiger partial charge is 0.459 e. The predicted octanol–water partition coefficient (Wildman–Crippen LogP) is 4.94. The van der Waals surface area contributed by atoms with Gasteiger partial charge in [-0.15, -0.1) is 0 Å². The molecule has 4 N–H and O–H groups in total. The Hall–Kier alpha value is -4.24. The van der Waals surface area contributed by atoms with Gasteiger partial charge < -0.3 is 25.5 Å². The molecule has 0 aliphatic heterocycles. The van der Waals surface area contributed by atoms with Gasteiger partial charge in [0.15, 0.2) is 0 Å². The first kappa shape index (κ1) is 31.7. The van der Waals surface area contributed by atoms with Crippen molar-refractivity contribution < 1.29 is 23.9 Å². The van der Waals surface area contributed by atoms with E-state index >= 15 is 0 Å². The molecule has 0 atom stereocenters. The first-order valence-electron chi connectivity index (χ1n) is 15.0. The second kappa shape index (κ2) is 15.3. The first-order valence-corrected chi connectivity index (χ1v) is 15.0. The molecule has 43 heavy (non-hydrogen) atoms. The average molecular weight is 588 g/mol. The Kier molecular flexibility index (Phi) is 11.3. The first-order chi connectivity index (χ1) is 20.8. The Balaban J connectivity index is 0.000000215. The second-order valence-electron chi connectivity index (χ2n) is 11.4. The van der Waals surface area contributed by atoms with Crippen LogP contribution in [0.1, 0.15) is 85.7 Å². The van der Waals surface area contributed by atoms with Crippen LogP contribution in [-0.2, 0) is 32.3 Å². The van der Waals surface area contributed by atoms with Gasteiger partial charge in [0.1, 0.15) is 24.3 Å². The Labute approximate surface area is 252 Å². The molecule has 2 fully saturated rings. The van der Waals surface area contributed by atoms with Crippen molar-refractivity contribution in [2.24, 2.45) is 5.73 Å².